The summed E-state index contributed by atoms with van der Waals surface area (Å²) >= 11 is 0. The molecule has 258 valence electrons. The smallest absolute Gasteiger partial charge is 0.414 e. The number of terminal acetylenes is 1. The molecule has 0 radical (unpaired) electrons. The van der Waals surface area contributed by atoms with Gasteiger partial charge in [0, 0.05) is 62.5 Å². The van der Waals surface area contributed by atoms with Crippen molar-refractivity contribution in [2.75, 3.05) is 52.3 Å². The molecule has 0 aliphatic carbocycles. The number of anilines is 1. The van der Waals surface area contributed by atoms with E-state index in [0.717, 1.165) is 32.2 Å². The van der Waals surface area contributed by atoms with E-state index >= 15 is 8.78 Å². The number of rotatable bonds is 7. The van der Waals surface area contributed by atoms with E-state index in [1.807, 2.05) is 16.8 Å². The van der Waals surface area contributed by atoms with E-state index in [2.05, 4.69) is 27.4 Å². The first-order valence-electron chi connectivity index (χ1n) is 16.6. The van der Waals surface area contributed by atoms with Crippen LogP contribution in [0.25, 0.3) is 32.9 Å². The fourth-order valence-electron chi connectivity index (χ4n) is 7.41. The van der Waals surface area contributed by atoms with Crippen molar-refractivity contribution >= 4 is 39.5 Å². The topological polar surface area (TPSA) is 104 Å². The second kappa shape index (κ2) is 13.2. The molecule has 0 N–H and O–H groups in total. The van der Waals surface area contributed by atoms with Gasteiger partial charge in [0.1, 0.15) is 35.2 Å². The number of likely N-dealkylation sites (tertiary alicyclic amines) is 1. The summed E-state index contributed by atoms with van der Waals surface area (Å²) in [4.78, 5) is 46.5. The number of fused-ring (bicyclic) bond motifs is 4. The summed E-state index contributed by atoms with van der Waals surface area (Å²) in [7, 11) is 5.10. The van der Waals surface area contributed by atoms with Gasteiger partial charge in [-0.25, -0.2) is 13.6 Å². The molecule has 2 unspecified atom stereocenters. The highest BCUT2D eigenvalue weighted by molar-refractivity contribution is 6.03. The predicted molar refractivity (Wildman–Crippen MR) is 185 cm³/mol. The number of carbonyl (C=O) groups is 2. The molecular weight excluding hydrogens is 644 g/mol. The molecule has 2 aromatic carbocycles. The Morgan fingerprint density at radius 1 is 1.14 bits per heavy atom. The Kier molecular flexibility index (Phi) is 8.73. The molecule has 3 atom stereocenters. The molecule has 50 heavy (non-hydrogen) atoms. The Labute approximate surface area is 288 Å². The summed E-state index contributed by atoms with van der Waals surface area (Å²) in [5, 5.41) is 1.01. The Bertz CT molecular complexity index is 2070. The van der Waals surface area contributed by atoms with Gasteiger partial charge in [0.15, 0.2) is 5.82 Å². The third-order valence-electron chi connectivity index (χ3n) is 9.94. The monoisotopic (exact) mass is 681 g/mol. The van der Waals surface area contributed by atoms with Crippen LogP contribution >= 0.6 is 0 Å². The molecule has 2 amide bonds. The van der Waals surface area contributed by atoms with Gasteiger partial charge in [-0.1, -0.05) is 18.6 Å². The van der Waals surface area contributed by atoms with Crippen molar-refractivity contribution in [2.45, 2.75) is 43.8 Å². The van der Waals surface area contributed by atoms with Crippen LogP contribution in [0.15, 0.2) is 43.1 Å². The first-order valence-corrected chi connectivity index (χ1v) is 16.6. The van der Waals surface area contributed by atoms with E-state index in [9.17, 15) is 9.59 Å². The lowest BCUT2D eigenvalue weighted by atomic mass is 9.95. The van der Waals surface area contributed by atoms with E-state index in [4.69, 9.17) is 20.9 Å². The minimum absolute atomic E-state index is 0.00896. The van der Waals surface area contributed by atoms with Gasteiger partial charge in [-0.05, 0) is 68.9 Å². The van der Waals surface area contributed by atoms with Crippen molar-refractivity contribution in [3.05, 3.63) is 60.3 Å². The normalized spacial score (nSPS) is 20.3. The molecule has 0 saturated carbocycles. The van der Waals surface area contributed by atoms with Crippen molar-refractivity contribution < 1.29 is 27.8 Å². The molecule has 3 saturated heterocycles. The first kappa shape index (κ1) is 33.2. The second-order valence-electron chi connectivity index (χ2n) is 13.2. The van der Waals surface area contributed by atoms with E-state index in [1.165, 1.54) is 55.5 Å². The van der Waals surface area contributed by atoms with Crippen LogP contribution in [0.1, 0.15) is 31.2 Å². The van der Waals surface area contributed by atoms with Crippen LogP contribution < -0.4 is 14.4 Å². The van der Waals surface area contributed by atoms with Crippen LogP contribution in [-0.4, -0.2) is 107 Å². The summed E-state index contributed by atoms with van der Waals surface area (Å²) in [5.41, 5.74) is -0.172. The fourth-order valence-corrected chi connectivity index (χ4v) is 7.41. The third-order valence-corrected chi connectivity index (χ3v) is 9.94. The van der Waals surface area contributed by atoms with E-state index in [0.29, 0.717) is 36.3 Å². The van der Waals surface area contributed by atoms with E-state index in [-0.39, 0.29) is 63.5 Å². The minimum atomic E-state index is -0.804. The molecular formula is C37H37F2N7O4. The van der Waals surface area contributed by atoms with Gasteiger partial charge in [-0.2, -0.15) is 9.97 Å². The number of ether oxygens (including phenoxy) is 2. The Hall–Kier alpha value is -5.35. The van der Waals surface area contributed by atoms with E-state index < -0.39 is 17.7 Å². The Balaban J connectivity index is 1.38. The van der Waals surface area contributed by atoms with Gasteiger partial charge in [0.25, 0.3) is 0 Å². The highest BCUT2D eigenvalue weighted by Gasteiger charge is 2.42. The molecule has 0 spiro atoms. The van der Waals surface area contributed by atoms with Crippen LogP contribution in [0.2, 0.25) is 0 Å². The average molecular weight is 682 g/mol. The van der Waals surface area contributed by atoms with Crippen LogP contribution in [0.3, 0.4) is 0 Å². The lowest BCUT2D eigenvalue weighted by Gasteiger charge is -2.41. The highest BCUT2D eigenvalue weighted by atomic mass is 19.1. The fraction of sp³-hybridized carbons (Fsp3) is 0.378. The zero-order chi connectivity index (χ0) is 35.3. The molecule has 3 aliphatic heterocycles. The maximum Gasteiger partial charge on any atom is 0.414 e. The number of aromatic nitrogens is 3. The largest absolute Gasteiger partial charge is 0.462 e. The third kappa shape index (κ3) is 5.83. The number of pyridine rings is 1. The maximum absolute atomic E-state index is 17.1. The number of piperazine rings is 1. The van der Waals surface area contributed by atoms with Gasteiger partial charge in [0.2, 0.25) is 5.91 Å². The number of likely N-dealkylation sites (N-methyl/N-ethyl adjacent to an activating group) is 1. The predicted octanol–water partition coefficient (Wildman–Crippen LogP) is 5.00. The van der Waals surface area contributed by atoms with Crippen molar-refractivity contribution in [1.82, 2.24) is 29.7 Å². The van der Waals surface area contributed by atoms with Crippen molar-refractivity contribution in [1.29, 1.82) is 0 Å². The van der Waals surface area contributed by atoms with Crippen LogP contribution in [0.4, 0.5) is 19.4 Å². The number of carbonyl (C=O) groups excluding carboxylic acids is 2. The van der Waals surface area contributed by atoms with Gasteiger partial charge in [-0.3, -0.25) is 9.78 Å². The quantitative estimate of drug-likeness (QED) is 0.197. The van der Waals surface area contributed by atoms with Crippen LogP contribution in [0.5, 0.6) is 11.8 Å². The standard InChI is InChI=1S/C37H37F2N7O4/c1-6-26-29(38)13-10-21-15-25(50-37(48)43(3)4)16-27(31(21)26)33-32(39)34-28(17-40-33)35(42-36(41-34)49-20-24-9-8-14-44(24)5)45-18-22-11-12-23(19-45)46(22)30(47)7-2/h1,7,10,13,15-17,22-24H,2,8-9,11-12,14,18-20H2,3-5H3/t22?,23?,24-/m0/s1. The zero-order valence-electron chi connectivity index (χ0n) is 28.2. The molecule has 13 heteroatoms. The van der Waals surface area contributed by atoms with Crippen LogP contribution in [-0.2, 0) is 4.79 Å². The average Bonchev–Trinajstić information content (AvgIpc) is 3.64. The number of hydrogen-bond acceptors (Lipinski definition) is 9. The minimum Gasteiger partial charge on any atom is -0.462 e. The number of nitrogens with zero attached hydrogens (tertiary/aromatic N) is 7. The number of hydrogen-bond donors (Lipinski definition) is 0. The summed E-state index contributed by atoms with van der Waals surface area (Å²) < 4.78 is 43.9. The highest BCUT2D eigenvalue weighted by Crippen LogP contribution is 2.40. The molecule has 2 aromatic heterocycles. The van der Waals surface area contributed by atoms with Gasteiger partial charge < -0.3 is 29.1 Å². The van der Waals surface area contributed by atoms with Crippen molar-refractivity contribution in [3.8, 4) is 35.4 Å². The van der Waals surface area contributed by atoms with Gasteiger partial charge >= 0.3 is 12.1 Å². The lowest BCUT2D eigenvalue weighted by Crippen LogP contribution is -2.55. The lowest BCUT2D eigenvalue weighted by molar-refractivity contribution is -0.129. The van der Waals surface area contributed by atoms with Crippen molar-refractivity contribution in [3.63, 3.8) is 0 Å². The zero-order valence-corrected chi connectivity index (χ0v) is 28.2. The number of benzene rings is 2. The second-order valence-corrected chi connectivity index (χ2v) is 13.2. The summed E-state index contributed by atoms with van der Waals surface area (Å²) in [5.74, 6) is 1.35. The van der Waals surface area contributed by atoms with E-state index in [1.54, 1.807) is 0 Å². The summed E-state index contributed by atoms with van der Waals surface area (Å²) in [6.45, 7) is 5.90. The molecule has 4 aromatic rings. The van der Waals surface area contributed by atoms with Gasteiger partial charge in [0.05, 0.1) is 10.9 Å². The molecule has 3 fully saturated rings. The summed E-state index contributed by atoms with van der Waals surface area (Å²) in [6, 6.07) is 5.70. The Morgan fingerprint density at radius 3 is 2.56 bits per heavy atom. The maximum atomic E-state index is 17.1. The molecule has 7 rings (SSSR count). The first-order chi connectivity index (χ1) is 24.1. The SMILES string of the molecule is C#Cc1c(F)ccc2cc(OC(=O)N(C)C)cc(-c3ncc4c(N5CC6CCC(C5)N6C(=O)C=C)nc(OC[C@@H]5CCCN5C)nc4c3F)c12. The molecule has 11 nitrogen and oxygen atoms in total. The number of amides is 2. The van der Waals surface area contributed by atoms with Crippen molar-refractivity contribution in [2.24, 2.45) is 0 Å². The molecule has 5 heterocycles. The summed E-state index contributed by atoms with van der Waals surface area (Å²) in [6.07, 6.45) is 11.6. The Morgan fingerprint density at radius 2 is 1.90 bits per heavy atom. The van der Waals surface area contributed by atoms with Crippen LogP contribution in [0, 0.1) is 24.0 Å². The van der Waals surface area contributed by atoms with Gasteiger partial charge in [-0.15, -0.1) is 6.42 Å². The molecule has 3 aliphatic rings. The number of halogens is 2. The molecule has 2 bridgehead atoms.